The summed E-state index contributed by atoms with van der Waals surface area (Å²) in [5.74, 6) is 0. The fourth-order valence-electron chi connectivity index (χ4n) is 0.571. The van der Waals surface area contributed by atoms with Gasteiger partial charge < -0.3 is 0 Å². The fourth-order valence-corrected chi connectivity index (χ4v) is 0.571. The second-order valence-electron chi connectivity index (χ2n) is 1.89. The van der Waals surface area contributed by atoms with Crippen molar-refractivity contribution in [3.05, 3.63) is 41.9 Å². The van der Waals surface area contributed by atoms with Gasteiger partial charge in [0.1, 0.15) is 10.2 Å². The van der Waals surface area contributed by atoms with Crippen LogP contribution >= 0.6 is 0 Å². The third kappa shape index (κ3) is 3.21. The molecule has 0 unspecified atom stereocenters. The normalized spacial score (nSPS) is 15.6. The van der Waals surface area contributed by atoms with Crippen molar-refractivity contribution in [3.8, 4) is 0 Å². The molecular formula is C3H3N7O5. The molecule has 0 radical (unpaired) electrons. The summed E-state index contributed by atoms with van der Waals surface area (Å²) in [6.45, 7) is 0. The SMILES string of the molecule is [2H]n1c(=O)n([2H])/c(=N/[N+](=O)[O-])n([2H])/c1=N/[N+](=O)[O-]. The van der Waals surface area contributed by atoms with Gasteiger partial charge in [-0.1, -0.05) is 0 Å². The van der Waals surface area contributed by atoms with Gasteiger partial charge in [0.15, 0.2) is 14.3 Å². The molecule has 1 rings (SSSR count). The van der Waals surface area contributed by atoms with Crippen LogP contribution in [0.3, 0.4) is 0 Å². The number of aromatic nitrogens is 3. The zero-order valence-corrected chi connectivity index (χ0v) is 6.67. The van der Waals surface area contributed by atoms with Crippen LogP contribution in [0, 0.1) is 20.2 Å². The van der Waals surface area contributed by atoms with Gasteiger partial charge in [0, 0.05) is 0 Å². The van der Waals surface area contributed by atoms with Crippen molar-refractivity contribution in [1.82, 2.24) is 14.9 Å². The van der Waals surface area contributed by atoms with E-state index in [9.17, 15) is 25.0 Å². The van der Waals surface area contributed by atoms with Gasteiger partial charge in [-0.05, 0) is 0 Å². The van der Waals surface area contributed by atoms with Crippen LogP contribution in [0.5, 0.6) is 0 Å². The Balaban J connectivity index is 4.02. The van der Waals surface area contributed by atoms with E-state index in [0.29, 0.717) is 0 Å². The molecule has 1 aromatic rings. The van der Waals surface area contributed by atoms with Crippen LogP contribution < -0.4 is 16.9 Å². The standard InChI is InChI=1S/C3H3N7O5/c11-3-5-1(7-9(12)13)4-2(6-3)8-10(14)15/h(H3,4,5,6,7,8,11)/i/hD3. The first-order valence-electron chi connectivity index (χ1n) is 4.46. The predicted molar refractivity (Wildman–Crippen MR) is 40.9 cm³/mol. The second-order valence-corrected chi connectivity index (χ2v) is 1.89. The van der Waals surface area contributed by atoms with Crippen molar-refractivity contribution in [2.24, 2.45) is 10.2 Å². The first-order valence-corrected chi connectivity index (χ1v) is 3.12. The zero-order chi connectivity index (χ0) is 14.0. The van der Waals surface area contributed by atoms with Crippen LogP contribution in [-0.2, 0) is 0 Å². The number of H-pyrrole nitrogens is 3. The van der Waals surface area contributed by atoms with E-state index >= 15 is 0 Å². The highest BCUT2D eigenvalue weighted by atomic mass is 16.7. The van der Waals surface area contributed by atoms with E-state index < -0.39 is 27.0 Å². The third-order valence-corrected chi connectivity index (χ3v) is 0.933. The van der Waals surface area contributed by atoms with Crippen molar-refractivity contribution in [2.75, 3.05) is 0 Å². The van der Waals surface area contributed by atoms with Crippen molar-refractivity contribution in [3.63, 3.8) is 0 Å². The molecule has 0 bridgehead atoms. The number of hydrogen-bond donors (Lipinski definition) is 3. The van der Waals surface area contributed by atoms with E-state index in [1.807, 2.05) is 0 Å². The maximum atomic E-state index is 11.2. The van der Waals surface area contributed by atoms with Crippen LogP contribution in [0.2, 0.25) is 4.24 Å². The maximum Gasteiger partial charge on any atom is 0.328 e. The van der Waals surface area contributed by atoms with Crippen molar-refractivity contribution in [1.29, 1.82) is 0 Å². The van der Waals surface area contributed by atoms with E-state index in [4.69, 9.17) is 4.24 Å². The lowest BCUT2D eigenvalue weighted by Crippen LogP contribution is -2.37. The average molecular weight is 220 g/mol. The third-order valence-electron chi connectivity index (χ3n) is 0.933. The highest BCUT2D eigenvalue weighted by Gasteiger charge is 1.96. The van der Waals surface area contributed by atoms with Gasteiger partial charge in [0.25, 0.3) is 11.2 Å². The van der Waals surface area contributed by atoms with Crippen LogP contribution in [0.15, 0.2) is 15.0 Å². The Kier molecular flexibility index (Phi) is 1.74. The molecule has 0 aliphatic rings. The minimum absolute atomic E-state index is 0.160. The van der Waals surface area contributed by atoms with E-state index in [0.717, 1.165) is 0 Å². The molecule has 0 aromatic carbocycles. The van der Waals surface area contributed by atoms with Crippen molar-refractivity contribution >= 4 is 0 Å². The second kappa shape index (κ2) is 3.95. The molecule has 3 N–H and O–H groups in total. The van der Waals surface area contributed by atoms with Crippen molar-refractivity contribution in [2.45, 2.75) is 0 Å². The number of aromatic amines is 3. The molecule has 15 heavy (non-hydrogen) atoms. The summed E-state index contributed by atoms with van der Waals surface area (Å²) in [4.78, 5) is 30.8. The van der Waals surface area contributed by atoms with E-state index in [-0.39, 0.29) is 14.9 Å². The minimum Gasteiger partial charge on any atom is -0.286 e. The number of hydrogen-bond acceptors (Lipinski definition) is 5. The number of nitrogens with zero attached hydrogens (tertiary/aromatic N) is 4. The Hall–Kier alpha value is -2.79. The van der Waals surface area contributed by atoms with Crippen LogP contribution in [0.4, 0.5) is 0 Å². The smallest absolute Gasteiger partial charge is 0.286 e. The number of nitro groups is 2. The Morgan fingerprint density at radius 1 is 1.07 bits per heavy atom. The van der Waals surface area contributed by atoms with E-state index in [1.54, 1.807) is 0 Å². The molecule has 0 fully saturated rings. The molecule has 0 amide bonds. The van der Waals surface area contributed by atoms with Gasteiger partial charge in [0.2, 0.25) is 0 Å². The molecule has 0 aliphatic carbocycles. The van der Waals surface area contributed by atoms with Crippen molar-refractivity contribution < 1.29 is 14.3 Å². The molecule has 12 nitrogen and oxygen atoms in total. The zero-order valence-electron chi connectivity index (χ0n) is 9.67. The topological polar surface area (TPSA) is 175 Å². The fraction of sp³-hybridized carbons (Fsp3) is 0. The predicted octanol–water partition coefficient (Wildman–Crippen LogP) is -2.78. The maximum absolute atomic E-state index is 11.2. The lowest BCUT2D eigenvalue weighted by Gasteiger charge is -1.84. The molecule has 0 saturated heterocycles. The summed E-state index contributed by atoms with van der Waals surface area (Å²) < 4.78 is 21.3. The Bertz CT molecular complexity index is 654. The van der Waals surface area contributed by atoms with E-state index in [1.165, 1.54) is 0 Å². The molecule has 0 aliphatic heterocycles. The van der Waals surface area contributed by atoms with Gasteiger partial charge in [-0.3, -0.25) is 14.9 Å². The lowest BCUT2D eigenvalue weighted by atomic mass is 11.0. The Labute approximate surface area is 82.7 Å². The summed E-state index contributed by atoms with van der Waals surface area (Å²) >= 11 is 0. The quantitative estimate of drug-likeness (QED) is 0.360. The number of nitrogens with one attached hydrogen (secondary N) is 3. The molecule has 0 saturated carbocycles. The average Bonchev–Trinajstić information content (AvgIpc) is 2.27. The summed E-state index contributed by atoms with van der Waals surface area (Å²) in [6, 6.07) is 0. The first kappa shape index (κ1) is 6.63. The van der Waals surface area contributed by atoms with Crippen LogP contribution in [0.1, 0.15) is 0 Å². The van der Waals surface area contributed by atoms with Gasteiger partial charge >= 0.3 is 5.69 Å². The van der Waals surface area contributed by atoms with Gasteiger partial charge in [0.05, 0.1) is 0 Å². The Morgan fingerprint density at radius 3 is 1.80 bits per heavy atom. The molecule has 80 valence electrons. The summed E-state index contributed by atoms with van der Waals surface area (Å²) in [5.41, 5.74) is -3.83. The number of rotatable bonds is 2. The summed E-state index contributed by atoms with van der Waals surface area (Å²) in [5, 5.41) is 22.7. The van der Waals surface area contributed by atoms with E-state index in [2.05, 4.69) is 10.2 Å². The van der Waals surface area contributed by atoms with Gasteiger partial charge in [-0.15, -0.1) is 0 Å². The highest BCUT2D eigenvalue weighted by molar-refractivity contribution is 4.57. The van der Waals surface area contributed by atoms with Crippen LogP contribution in [0.25, 0.3) is 0 Å². The largest absolute Gasteiger partial charge is 0.328 e. The first-order chi connectivity index (χ1) is 8.25. The molecule has 0 spiro atoms. The minimum atomic E-state index is -1.51. The molecular weight excluding hydrogens is 214 g/mol. The van der Waals surface area contributed by atoms with Crippen LogP contribution in [-0.4, -0.2) is 25.0 Å². The molecule has 0 atom stereocenters. The summed E-state index contributed by atoms with van der Waals surface area (Å²) in [6.07, 6.45) is 0. The van der Waals surface area contributed by atoms with Gasteiger partial charge in [-0.25, -0.2) is 25.0 Å². The molecule has 1 aromatic heterocycles. The Morgan fingerprint density at radius 2 is 1.47 bits per heavy atom. The molecule has 12 heteroatoms. The lowest BCUT2D eigenvalue weighted by molar-refractivity contribution is -0.492. The monoisotopic (exact) mass is 220 g/mol. The highest BCUT2D eigenvalue weighted by Crippen LogP contribution is 1.61. The van der Waals surface area contributed by atoms with Gasteiger partial charge in [-0.2, -0.15) is 0 Å². The molecule has 1 heterocycles. The summed E-state index contributed by atoms with van der Waals surface area (Å²) in [7, 11) is 0.